The van der Waals surface area contributed by atoms with Gasteiger partial charge in [-0.15, -0.1) is 10.2 Å². The average molecular weight is 508 g/mol. The number of rotatable bonds is 7. The van der Waals surface area contributed by atoms with Crippen LogP contribution in [0.5, 0.6) is 5.75 Å². The van der Waals surface area contributed by atoms with Crippen LogP contribution in [0.4, 0.5) is 5.82 Å². The van der Waals surface area contributed by atoms with E-state index in [1.807, 2.05) is 50.2 Å². The Hall–Kier alpha value is -3.65. The van der Waals surface area contributed by atoms with Crippen LogP contribution in [0.1, 0.15) is 24.2 Å². The molecule has 3 aromatic rings. The van der Waals surface area contributed by atoms with Crippen LogP contribution in [0.15, 0.2) is 60.7 Å². The number of aromatic nitrogens is 2. The Morgan fingerprint density at radius 1 is 0.972 bits per heavy atom. The summed E-state index contributed by atoms with van der Waals surface area (Å²) in [5.41, 5.74) is 2.09. The zero-order valence-corrected chi connectivity index (χ0v) is 21.5. The second-order valence-corrected chi connectivity index (χ2v) is 9.29. The van der Waals surface area contributed by atoms with Gasteiger partial charge in [-0.3, -0.25) is 9.59 Å². The van der Waals surface area contributed by atoms with E-state index in [0.29, 0.717) is 48.2 Å². The summed E-state index contributed by atoms with van der Waals surface area (Å²) in [5, 5.41) is 9.36. The summed E-state index contributed by atoms with van der Waals surface area (Å²) in [5.74, 6) is 1.20. The molecule has 36 heavy (non-hydrogen) atoms. The summed E-state index contributed by atoms with van der Waals surface area (Å²) >= 11 is 6.27. The predicted octanol–water partition coefficient (Wildman–Crippen LogP) is 4.01. The van der Waals surface area contributed by atoms with Crippen LogP contribution in [0.25, 0.3) is 11.3 Å². The van der Waals surface area contributed by atoms with E-state index in [1.54, 1.807) is 41.2 Å². The minimum Gasteiger partial charge on any atom is -0.497 e. The second kappa shape index (κ2) is 11.4. The summed E-state index contributed by atoms with van der Waals surface area (Å²) in [6.07, 6.45) is 0. The van der Waals surface area contributed by atoms with Crippen molar-refractivity contribution in [3.8, 4) is 17.0 Å². The number of ether oxygens (including phenoxy) is 1. The van der Waals surface area contributed by atoms with Crippen LogP contribution in [0, 0.1) is 0 Å². The maximum absolute atomic E-state index is 13.1. The van der Waals surface area contributed by atoms with Gasteiger partial charge in [-0.1, -0.05) is 29.8 Å². The number of methoxy groups -OCH3 is 1. The summed E-state index contributed by atoms with van der Waals surface area (Å²) < 4.78 is 5.17. The van der Waals surface area contributed by atoms with Crippen molar-refractivity contribution in [2.75, 3.05) is 44.7 Å². The van der Waals surface area contributed by atoms with Gasteiger partial charge in [0, 0.05) is 43.3 Å². The molecule has 1 fully saturated rings. The molecule has 0 unspecified atom stereocenters. The molecule has 0 N–H and O–H groups in total. The summed E-state index contributed by atoms with van der Waals surface area (Å²) in [6.45, 7) is 6.24. The molecule has 2 heterocycles. The highest BCUT2D eigenvalue weighted by molar-refractivity contribution is 6.33. The normalized spacial score (nSPS) is 13.6. The Morgan fingerprint density at radius 2 is 1.67 bits per heavy atom. The van der Waals surface area contributed by atoms with Crippen LogP contribution in [-0.2, 0) is 4.79 Å². The molecule has 2 amide bonds. The SMILES string of the molecule is COc1ccc(C(=O)N(CC(=O)N2CCN(c3ccc(-c4ccccc4Cl)nn3)CC2)C(C)C)cc1. The number of halogens is 1. The molecule has 1 aliphatic heterocycles. The molecule has 8 nitrogen and oxygen atoms in total. The van der Waals surface area contributed by atoms with E-state index in [9.17, 15) is 9.59 Å². The first-order valence-electron chi connectivity index (χ1n) is 11.9. The Bertz CT molecular complexity index is 1190. The zero-order valence-electron chi connectivity index (χ0n) is 20.7. The molecule has 9 heteroatoms. The molecule has 0 bridgehead atoms. The third-order valence-electron chi connectivity index (χ3n) is 6.28. The van der Waals surface area contributed by atoms with Gasteiger partial charge in [0.05, 0.1) is 17.8 Å². The van der Waals surface area contributed by atoms with E-state index < -0.39 is 0 Å². The fourth-order valence-corrected chi connectivity index (χ4v) is 4.36. The van der Waals surface area contributed by atoms with Crippen molar-refractivity contribution >= 4 is 29.2 Å². The van der Waals surface area contributed by atoms with Gasteiger partial charge < -0.3 is 19.4 Å². The molecule has 0 aliphatic carbocycles. The third-order valence-corrected chi connectivity index (χ3v) is 6.61. The monoisotopic (exact) mass is 507 g/mol. The number of piperazine rings is 1. The van der Waals surface area contributed by atoms with Gasteiger partial charge in [0.25, 0.3) is 5.91 Å². The lowest BCUT2D eigenvalue weighted by Gasteiger charge is -2.36. The van der Waals surface area contributed by atoms with E-state index >= 15 is 0 Å². The highest BCUT2D eigenvalue weighted by Crippen LogP contribution is 2.26. The molecule has 0 spiro atoms. The zero-order chi connectivity index (χ0) is 25.7. The van der Waals surface area contributed by atoms with Gasteiger partial charge in [0.15, 0.2) is 5.82 Å². The highest BCUT2D eigenvalue weighted by atomic mass is 35.5. The smallest absolute Gasteiger partial charge is 0.254 e. The summed E-state index contributed by atoms with van der Waals surface area (Å²) in [6, 6.07) is 18.2. The predicted molar refractivity (Wildman–Crippen MR) is 140 cm³/mol. The van der Waals surface area contributed by atoms with Crippen LogP contribution < -0.4 is 9.64 Å². The molecule has 1 aromatic heterocycles. The van der Waals surface area contributed by atoms with Gasteiger partial charge in [0.2, 0.25) is 5.91 Å². The number of carbonyl (C=O) groups excluding carboxylic acids is 2. The van der Waals surface area contributed by atoms with E-state index in [0.717, 1.165) is 11.4 Å². The maximum atomic E-state index is 13.1. The maximum Gasteiger partial charge on any atom is 0.254 e. The van der Waals surface area contributed by atoms with E-state index in [4.69, 9.17) is 16.3 Å². The molecule has 1 saturated heterocycles. The molecule has 188 valence electrons. The highest BCUT2D eigenvalue weighted by Gasteiger charge is 2.27. The quantitative estimate of drug-likeness (QED) is 0.481. The lowest BCUT2D eigenvalue weighted by molar-refractivity contribution is -0.132. The van der Waals surface area contributed by atoms with Crippen molar-refractivity contribution in [1.82, 2.24) is 20.0 Å². The van der Waals surface area contributed by atoms with Gasteiger partial charge in [0.1, 0.15) is 12.3 Å². The summed E-state index contributed by atoms with van der Waals surface area (Å²) in [4.78, 5) is 31.7. The van der Waals surface area contributed by atoms with E-state index in [1.165, 1.54) is 0 Å². The van der Waals surface area contributed by atoms with Crippen LogP contribution >= 0.6 is 11.6 Å². The second-order valence-electron chi connectivity index (χ2n) is 8.88. The minimum atomic E-state index is -0.173. The average Bonchev–Trinajstić information content (AvgIpc) is 2.91. The number of amides is 2. The van der Waals surface area contributed by atoms with E-state index in [2.05, 4.69) is 15.1 Å². The van der Waals surface area contributed by atoms with Gasteiger partial charge in [-0.25, -0.2) is 0 Å². The standard InChI is InChI=1S/C27H30ClN5O3/c1-19(2)33(27(35)20-8-10-21(36-3)11-9-20)18-26(34)32-16-14-31(15-17-32)25-13-12-24(29-30-25)22-6-4-5-7-23(22)28/h4-13,19H,14-18H2,1-3H3. The topological polar surface area (TPSA) is 78.9 Å². The Kier molecular flexibility index (Phi) is 8.05. The van der Waals surface area contributed by atoms with Crippen molar-refractivity contribution in [2.24, 2.45) is 0 Å². The molecule has 4 rings (SSSR count). The third kappa shape index (κ3) is 5.76. The molecule has 0 atom stereocenters. The lowest BCUT2D eigenvalue weighted by atomic mass is 10.1. The largest absolute Gasteiger partial charge is 0.497 e. The first-order chi connectivity index (χ1) is 17.4. The Balaban J connectivity index is 1.35. The minimum absolute atomic E-state index is 0.0366. The van der Waals surface area contributed by atoms with E-state index in [-0.39, 0.29) is 24.4 Å². The molecular weight excluding hydrogens is 478 g/mol. The first kappa shape index (κ1) is 25.4. The Labute approximate surface area is 216 Å². The number of hydrogen-bond acceptors (Lipinski definition) is 6. The fourth-order valence-electron chi connectivity index (χ4n) is 4.13. The van der Waals surface area contributed by atoms with Crippen molar-refractivity contribution in [2.45, 2.75) is 19.9 Å². The van der Waals surface area contributed by atoms with Crippen molar-refractivity contribution in [1.29, 1.82) is 0 Å². The number of benzene rings is 2. The molecule has 0 radical (unpaired) electrons. The van der Waals surface area contributed by atoms with Crippen LogP contribution in [0.2, 0.25) is 5.02 Å². The van der Waals surface area contributed by atoms with Crippen LogP contribution in [0.3, 0.4) is 0 Å². The number of carbonyl (C=O) groups is 2. The molecule has 0 saturated carbocycles. The lowest BCUT2D eigenvalue weighted by Crippen LogP contribution is -2.53. The van der Waals surface area contributed by atoms with Gasteiger partial charge >= 0.3 is 0 Å². The molecule has 2 aromatic carbocycles. The van der Waals surface area contributed by atoms with Crippen LogP contribution in [-0.4, -0.2) is 77.7 Å². The van der Waals surface area contributed by atoms with Crippen molar-refractivity contribution < 1.29 is 14.3 Å². The Morgan fingerprint density at radius 3 is 2.25 bits per heavy atom. The fraction of sp³-hybridized carbons (Fsp3) is 0.333. The van der Waals surface area contributed by atoms with Crippen molar-refractivity contribution in [3.63, 3.8) is 0 Å². The molecule has 1 aliphatic rings. The first-order valence-corrected chi connectivity index (χ1v) is 12.3. The number of anilines is 1. The number of nitrogens with zero attached hydrogens (tertiary/aromatic N) is 5. The van der Waals surface area contributed by atoms with Gasteiger partial charge in [-0.2, -0.15) is 0 Å². The van der Waals surface area contributed by atoms with Crippen molar-refractivity contribution in [3.05, 3.63) is 71.2 Å². The summed E-state index contributed by atoms with van der Waals surface area (Å²) in [7, 11) is 1.58. The van der Waals surface area contributed by atoms with Gasteiger partial charge in [-0.05, 0) is 56.3 Å². The molecular formula is C27H30ClN5O3. The number of hydrogen-bond donors (Lipinski definition) is 0.